The maximum Gasteiger partial charge on any atom is 0.221 e. The molecule has 1 unspecified atom stereocenters. The Hall–Kier alpha value is -2.92. The Morgan fingerprint density at radius 2 is 2.00 bits per heavy atom. The molecule has 0 bridgehead atoms. The Bertz CT molecular complexity index is 946. The first kappa shape index (κ1) is 17.5. The number of nitrogens with one attached hydrogen (secondary N) is 3. The average Bonchev–Trinajstić information content (AvgIpc) is 2.69. The maximum atomic E-state index is 11.2. The van der Waals surface area contributed by atoms with E-state index in [4.69, 9.17) is 0 Å². The zero-order valence-corrected chi connectivity index (χ0v) is 15.5. The number of carbonyl (C=O) groups excluding carboxylic acids is 1. The van der Waals surface area contributed by atoms with E-state index in [0.717, 1.165) is 41.0 Å². The largest absolute Gasteiger partial charge is 0.381 e. The zero-order valence-electron chi connectivity index (χ0n) is 15.5. The molecular formula is C22H24N4O. The summed E-state index contributed by atoms with van der Waals surface area (Å²) in [4.78, 5) is 15.5. The first-order valence-electron chi connectivity index (χ1n) is 9.42. The van der Waals surface area contributed by atoms with Crippen LogP contribution in [0.4, 0.5) is 11.4 Å². The molecule has 1 aliphatic heterocycles. The monoisotopic (exact) mass is 360 g/mol. The van der Waals surface area contributed by atoms with Crippen molar-refractivity contribution >= 4 is 28.1 Å². The van der Waals surface area contributed by atoms with Gasteiger partial charge in [-0.25, -0.2) is 0 Å². The lowest BCUT2D eigenvalue weighted by Crippen LogP contribution is -2.38. The van der Waals surface area contributed by atoms with Crippen LogP contribution >= 0.6 is 0 Å². The molecule has 1 aliphatic rings. The predicted molar refractivity (Wildman–Crippen MR) is 111 cm³/mol. The van der Waals surface area contributed by atoms with Crippen LogP contribution in [0.1, 0.15) is 19.8 Å². The van der Waals surface area contributed by atoms with Gasteiger partial charge < -0.3 is 16.0 Å². The van der Waals surface area contributed by atoms with E-state index in [1.165, 1.54) is 25.2 Å². The van der Waals surface area contributed by atoms with Crippen LogP contribution in [0.15, 0.2) is 54.9 Å². The van der Waals surface area contributed by atoms with E-state index in [9.17, 15) is 4.79 Å². The van der Waals surface area contributed by atoms with E-state index in [1.54, 1.807) is 0 Å². The van der Waals surface area contributed by atoms with Gasteiger partial charge in [0.1, 0.15) is 0 Å². The highest BCUT2D eigenvalue weighted by molar-refractivity contribution is 5.97. The molecule has 0 saturated carbocycles. The molecule has 5 heteroatoms. The number of aromatic nitrogens is 1. The maximum absolute atomic E-state index is 11.2. The van der Waals surface area contributed by atoms with Crippen LogP contribution in [-0.2, 0) is 4.79 Å². The van der Waals surface area contributed by atoms with Gasteiger partial charge in [0.2, 0.25) is 5.91 Å². The molecule has 3 N–H and O–H groups in total. The number of benzene rings is 2. The minimum absolute atomic E-state index is 0.0629. The van der Waals surface area contributed by atoms with Crippen molar-refractivity contribution in [2.45, 2.75) is 25.8 Å². The SMILES string of the molecule is CC(=O)Nc1ccc(-c2cc(NC3CCCNC3)c3ccncc3c2)cc1. The van der Waals surface area contributed by atoms with Crippen molar-refractivity contribution in [1.29, 1.82) is 0 Å². The Morgan fingerprint density at radius 3 is 2.74 bits per heavy atom. The fourth-order valence-electron chi connectivity index (χ4n) is 3.64. The first-order chi connectivity index (χ1) is 13.2. The summed E-state index contributed by atoms with van der Waals surface area (Å²) in [7, 11) is 0. The van der Waals surface area contributed by atoms with Crippen LogP contribution in [0.2, 0.25) is 0 Å². The predicted octanol–water partition coefficient (Wildman–Crippen LogP) is 4.02. The van der Waals surface area contributed by atoms with Crippen LogP contribution in [0.3, 0.4) is 0 Å². The highest BCUT2D eigenvalue weighted by atomic mass is 16.1. The molecule has 1 amide bonds. The number of carbonyl (C=O) groups is 1. The second kappa shape index (κ2) is 7.76. The molecule has 4 rings (SSSR count). The van der Waals surface area contributed by atoms with Gasteiger partial charge in [0.25, 0.3) is 0 Å². The van der Waals surface area contributed by atoms with Crippen molar-refractivity contribution < 1.29 is 4.79 Å². The highest BCUT2D eigenvalue weighted by Gasteiger charge is 2.14. The van der Waals surface area contributed by atoms with Crippen molar-refractivity contribution in [3.8, 4) is 11.1 Å². The lowest BCUT2D eigenvalue weighted by atomic mass is 9.99. The Balaban J connectivity index is 1.69. The van der Waals surface area contributed by atoms with Crippen LogP contribution in [0.25, 0.3) is 21.9 Å². The Labute approximate surface area is 159 Å². The molecular weight excluding hydrogens is 336 g/mol. The van der Waals surface area contributed by atoms with E-state index < -0.39 is 0 Å². The third-order valence-corrected chi connectivity index (χ3v) is 4.95. The van der Waals surface area contributed by atoms with Crippen LogP contribution < -0.4 is 16.0 Å². The summed E-state index contributed by atoms with van der Waals surface area (Å²) in [5, 5.41) is 12.3. The fourth-order valence-corrected chi connectivity index (χ4v) is 3.64. The van der Waals surface area contributed by atoms with Crippen molar-refractivity contribution in [1.82, 2.24) is 10.3 Å². The third-order valence-electron chi connectivity index (χ3n) is 4.95. The second-order valence-corrected chi connectivity index (χ2v) is 7.07. The molecule has 138 valence electrons. The summed E-state index contributed by atoms with van der Waals surface area (Å²) in [6.07, 6.45) is 6.13. The van der Waals surface area contributed by atoms with Gasteiger partial charge in [-0.15, -0.1) is 0 Å². The average molecular weight is 360 g/mol. The van der Waals surface area contributed by atoms with E-state index in [-0.39, 0.29) is 5.91 Å². The van der Waals surface area contributed by atoms with Gasteiger partial charge in [0, 0.05) is 54.1 Å². The van der Waals surface area contributed by atoms with Gasteiger partial charge >= 0.3 is 0 Å². The summed E-state index contributed by atoms with van der Waals surface area (Å²) >= 11 is 0. The molecule has 0 spiro atoms. The summed E-state index contributed by atoms with van der Waals surface area (Å²) in [6, 6.07) is 14.8. The topological polar surface area (TPSA) is 66.1 Å². The summed E-state index contributed by atoms with van der Waals surface area (Å²) in [5.74, 6) is -0.0629. The zero-order chi connectivity index (χ0) is 18.6. The molecule has 0 radical (unpaired) electrons. The van der Waals surface area contributed by atoms with Crippen molar-refractivity contribution in [2.24, 2.45) is 0 Å². The van der Waals surface area contributed by atoms with Crippen molar-refractivity contribution in [3.05, 3.63) is 54.9 Å². The molecule has 2 heterocycles. The lowest BCUT2D eigenvalue weighted by Gasteiger charge is -2.26. The minimum atomic E-state index is -0.0629. The lowest BCUT2D eigenvalue weighted by molar-refractivity contribution is -0.114. The van der Waals surface area contributed by atoms with E-state index in [1.807, 2.05) is 36.7 Å². The number of hydrogen-bond acceptors (Lipinski definition) is 4. The number of amides is 1. The standard InChI is InChI=1S/C22H24N4O/c1-15(27)25-19-6-4-16(5-7-19)17-11-18-13-24-10-8-21(18)22(12-17)26-20-3-2-9-23-14-20/h4-8,10-13,20,23,26H,2-3,9,14H2,1H3,(H,25,27). The second-order valence-electron chi connectivity index (χ2n) is 7.07. The summed E-state index contributed by atoms with van der Waals surface area (Å²) in [6.45, 7) is 3.61. The summed E-state index contributed by atoms with van der Waals surface area (Å²) in [5.41, 5.74) is 4.20. The quantitative estimate of drug-likeness (QED) is 0.657. The van der Waals surface area contributed by atoms with Crippen LogP contribution in [-0.4, -0.2) is 30.0 Å². The van der Waals surface area contributed by atoms with E-state index in [2.05, 4.69) is 39.1 Å². The summed E-state index contributed by atoms with van der Waals surface area (Å²) < 4.78 is 0. The molecule has 1 fully saturated rings. The number of hydrogen-bond donors (Lipinski definition) is 3. The number of pyridine rings is 1. The molecule has 2 aromatic carbocycles. The van der Waals surface area contributed by atoms with Gasteiger partial charge in [-0.3, -0.25) is 9.78 Å². The van der Waals surface area contributed by atoms with Crippen molar-refractivity contribution in [2.75, 3.05) is 23.7 Å². The molecule has 5 nitrogen and oxygen atoms in total. The van der Waals surface area contributed by atoms with Gasteiger partial charge in [-0.1, -0.05) is 12.1 Å². The van der Waals surface area contributed by atoms with Gasteiger partial charge in [-0.05, 0) is 60.8 Å². The normalized spacial score (nSPS) is 16.9. The van der Waals surface area contributed by atoms with Gasteiger partial charge in [0.15, 0.2) is 0 Å². The van der Waals surface area contributed by atoms with Crippen LogP contribution in [0.5, 0.6) is 0 Å². The first-order valence-corrected chi connectivity index (χ1v) is 9.42. The Kier molecular flexibility index (Phi) is 5.03. The van der Waals surface area contributed by atoms with E-state index in [0.29, 0.717) is 6.04 Å². The van der Waals surface area contributed by atoms with E-state index >= 15 is 0 Å². The smallest absolute Gasteiger partial charge is 0.221 e. The molecule has 3 aromatic rings. The molecule has 1 aromatic heterocycles. The number of anilines is 2. The van der Waals surface area contributed by atoms with Gasteiger partial charge in [0.05, 0.1) is 0 Å². The molecule has 0 aliphatic carbocycles. The molecule has 27 heavy (non-hydrogen) atoms. The fraction of sp³-hybridized carbons (Fsp3) is 0.273. The van der Waals surface area contributed by atoms with Crippen molar-refractivity contribution in [3.63, 3.8) is 0 Å². The highest BCUT2D eigenvalue weighted by Crippen LogP contribution is 2.32. The number of piperidine rings is 1. The number of rotatable bonds is 4. The Morgan fingerprint density at radius 1 is 1.15 bits per heavy atom. The molecule has 1 saturated heterocycles. The third kappa shape index (κ3) is 4.09. The number of fused-ring (bicyclic) bond motifs is 1. The molecule has 1 atom stereocenters. The minimum Gasteiger partial charge on any atom is -0.381 e. The number of nitrogens with zero attached hydrogens (tertiary/aromatic N) is 1. The van der Waals surface area contributed by atoms with Gasteiger partial charge in [-0.2, -0.15) is 0 Å². The van der Waals surface area contributed by atoms with Crippen LogP contribution in [0, 0.1) is 0 Å².